The number of rotatable bonds is 7. The Hall–Kier alpha value is -3.39. The van der Waals surface area contributed by atoms with Crippen molar-refractivity contribution in [3.8, 4) is 5.75 Å². The van der Waals surface area contributed by atoms with Crippen molar-refractivity contribution in [2.75, 3.05) is 24.4 Å². The van der Waals surface area contributed by atoms with Gasteiger partial charge in [0.2, 0.25) is 0 Å². The number of aliphatic hydroxyl groups is 1. The van der Waals surface area contributed by atoms with Crippen molar-refractivity contribution in [3.05, 3.63) is 54.1 Å². The van der Waals surface area contributed by atoms with E-state index in [-0.39, 0.29) is 11.5 Å². The van der Waals surface area contributed by atoms with Gasteiger partial charge in [-0.05, 0) is 86.8 Å². The monoisotopic (exact) mass is 478 g/mol. The van der Waals surface area contributed by atoms with Gasteiger partial charge < -0.3 is 25.2 Å². The van der Waals surface area contributed by atoms with E-state index in [0.717, 1.165) is 32.1 Å². The zero-order valence-corrected chi connectivity index (χ0v) is 19.7. The minimum atomic E-state index is -0.776. The molecule has 2 atom stereocenters. The fraction of sp³-hybridized carbons (Fsp3) is 0.444. The number of hydrogen-bond acceptors (Lipinski definition) is 6. The molecule has 8 nitrogen and oxygen atoms in total. The number of nitrogens with one attached hydrogen (secondary N) is 2. The van der Waals surface area contributed by atoms with Crippen LogP contribution in [0.15, 0.2) is 48.5 Å². The predicted molar refractivity (Wildman–Crippen MR) is 129 cm³/mol. The van der Waals surface area contributed by atoms with Crippen LogP contribution in [0.25, 0.3) is 0 Å². The largest absolute Gasteiger partial charge is 0.497 e. The second-order valence-electron chi connectivity index (χ2n) is 10.3. The zero-order valence-electron chi connectivity index (χ0n) is 19.7. The molecule has 3 N–H and O–H groups in total. The molecule has 0 unspecified atom stereocenters. The van der Waals surface area contributed by atoms with Crippen LogP contribution in [0.4, 0.5) is 11.4 Å². The molecule has 0 radical (unpaired) electrons. The van der Waals surface area contributed by atoms with Gasteiger partial charge in [-0.1, -0.05) is 12.1 Å². The fourth-order valence-electron chi connectivity index (χ4n) is 6.59. The highest BCUT2D eigenvalue weighted by Gasteiger charge is 2.60. The van der Waals surface area contributed by atoms with Gasteiger partial charge in [-0.25, -0.2) is 0 Å². The first-order valence-corrected chi connectivity index (χ1v) is 12.0. The van der Waals surface area contributed by atoms with Crippen LogP contribution in [-0.2, 0) is 14.3 Å². The highest BCUT2D eigenvalue weighted by atomic mass is 16.5. The van der Waals surface area contributed by atoms with Crippen LogP contribution in [0.3, 0.4) is 0 Å². The number of carbonyl (C=O) groups is 3. The van der Waals surface area contributed by atoms with Crippen molar-refractivity contribution in [3.63, 3.8) is 0 Å². The Morgan fingerprint density at radius 2 is 1.66 bits per heavy atom. The summed E-state index contributed by atoms with van der Waals surface area (Å²) >= 11 is 0. The summed E-state index contributed by atoms with van der Waals surface area (Å²) in [5.41, 5.74) is -0.269. The second-order valence-corrected chi connectivity index (χ2v) is 10.3. The normalized spacial score (nSPS) is 28.3. The lowest BCUT2D eigenvalue weighted by Gasteiger charge is -2.58. The van der Waals surface area contributed by atoms with Crippen molar-refractivity contribution in [1.82, 2.24) is 0 Å². The first kappa shape index (κ1) is 23.4. The van der Waals surface area contributed by atoms with E-state index in [1.165, 1.54) is 0 Å². The summed E-state index contributed by atoms with van der Waals surface area (Å²) in [5.74, 6) is 0.0624. The molecule has 2 aromatic carbocycles. The number of amides is 2. The summed E-state index contributed by atoms with van der Waals surface area (Å²) in [6.07, 6.45) is 4.44. The summed E-state index contributed by atoms with van der Waals surface area (Å²) in [6.45, 7) is -0.442. The average Bonchev–Trinajstić information content (AvgIpc) is 2.81. The molecule has 4 aliphatic carbocycles. The van der Waals surface area contributed by atoms with Gasteiger partial charge in [0, 0.05) is 5.69 Å². The number of methoxy groups -OCH3 is 1. The van der Waals surface area contributed by atoms with Gasteiger partial charge in [0.05, 0.1) is 29.4 Å². The van der Waals surface area contributed by atoms with E-state index in [1.54, 1.807) is 55.6 Å². The van der Waals surface area contributed by atoms with Crippen molar-refractivity contribution >= 4 is 29.2 Å². The highest BCUT2D eigenvalue weighted by Crippen LogP contribution is 2.61. The van der Waals surface area contributed by atoms with Gasteiger partial charge in [0.25, 0.3) is 11.8 Å². The van der Waals surface area contributed by atoms with Crippen LogP contribution in [0.5, 0.6) is 5.75 Å². The molecule has 2 aromatic rings. The lowest BCUT2D eigenvalue weighted by molar-refractivity contribution is -0.196. The van der Waals surface area contributed by atoms with Gasteiger partial charge in [-0.3, -0.25) is 14.4 Å². The highest BCUT2D eigenvalue weighted by molar-refractivity contribution is 6.10. The maximum absolute atomic E-state index is 13.0. The maximum atomic E-state index is 13.0. The molecule has 0 aliphatic heterocycles. The topological polar surface area (TPSA) is 114 Å². The van der Waals surface area contributed by atoms with Gasteiger partial charge in [-0.2, -0.15) is 0 Å². The summed E-state index contributed by atoms with van der Waals surface area (Å²) < 4.78 is 10.6. The van der Waals surface area contributed by atoms with Crippen molar-refractivity contribution in [2.45, 2.75) is 44.1 Å². The molecule has 4 saturated carbocycles. The van der Waals surface area contributed by atoms with E-state index in [0.29, 0.717) is 35.4 Å². The molecule has 4 fully saturated rings. The molecule has 0 spiro atoms. The van der Waals surface area contributed by atoms with Gasteiger partial charge >= 0.3 is 5.97 Å². The molecule has 0 saturated heterocycles. The Bertz CT molecular complexity index is 1130. The van der Waals surface area contributed by atoms with Crippen molar-refractivity contribution in [1.29, 1.82) is 0 Å². The average molecular weight is 479 g/mol. The lowest BCUT2D eigenvalue weighted by atomic mass is 9.48. The molecule has 6 rings (SSSR count). The van der Waals surface area contributed by atoms with Gasteiger partial charge in [0.15, 0.2) is 6.61 Å². The number of benzene rings is 2. The third-order valence-corrected chi connectivity index (χ3v) is 7.59. The quantitative estimate of drug-likeness (QED) is 0.522. The molecule has 2 amide bonds. The molecule has 4 aliphatic rings. The summed E-state index contributed by atoms with van der Waals surface area (Å²) in [5, 5.41) is 16.4. The predicted octanol–water partition coefficient (Wildman–Crippen LogP) is 3.76. The third kappa shape index (κ3) is 4.75. The number of anilines is 2. The number of ether oxygens (including phenoxy) is 2. The van der Waals surface area contributed by atoms with Crippen LogP contribution in [0, 0.1) is 17.3 Å². The fourth-order valence-corrected chi connectivity index (χ4v) is 6.59. The third-order valence-electron chi connectivity index (χ3n) is 7.59. The minimum absolute atomic E-state index is 0.284. The molecule has 0 heterocycles. The van der Waals surface area contributed by atoms with Crippen LogP contribution in [-0.4, -0.2) is 42.2 Å². The van der Waals surface area contributed by atoms with Crippen LogP contribution in [0.1, 0.15) is 48.9 Å². The minimum Gasteiger partial charge on any atom is -0.497 e. The Kier molecular flexibility index (Phi) is 6.01. The molecule has 4 bridgehead atoms. The van der Waals surface area contributed by atoms with E-state index in [4.69, 9.17) is 9.47 Å². The van der Waals surface area contributed by atoms with Crippen molar-refractivity contribution < 1.29 is 29.0 Å². The summed E-state index contributed by atoms with van der Waals surface area (Å²) in [7, 11) is 1.57. The first-order chi connectivity index (χ1) is 16.8. The smallest absolute Gasteiger partial charge is 0.312 e. The lowest BCUT2D eigenvalue weighted by Crippen LogP contribution is -2.58. The van der Waals surface area contributed by atoms with Crippen LogP contribution >= 0.6 is 0 Å². The number of carbonyl (C=O) groups excluding carboxylic acids is 3. The van der Waals surface area contributed by atoms with Crippen molar-refractivity contribution in [2.24, 2.45) is 17.3 Å². The van der Waals surface area contributed by atoms with E-state index in [9.17, 15) is 19.5 Å². The summed E-state index contributed by atoms with van der Waals surface area (Å²) in [6, 6.07) is 13.6. The van der Waals surface area contributed by atoms with Crippen LogP contribution in [0.2, 0.25) is 0 Å². The molecule has 35 heavy (non-hydrogen) atoms. The van der Waals surface area contributed by atoms with E-state index in [2.05, 4.69) is 10.6 Å². The Labute approximate surface area is 204 Å². The Balaban J connectivity index is 1.20. The first-order valence-electron chi connectivity index (χ1n) is 12.0. The number of para-hydroxylation sites is 1. The van der Waals surface area contributed by atoms with Gasteiger partial charge in [-0.15, -0.1) is 0 Å². The number of hydrogen-bond donors (Lipinski definition) is 3. The molecule has 184 valence electrons. The second kappa shape index (κ2) is 9.00. The zero-order chi connectivity index (χ0) is 24.6. The standard InChI is InChI=1S/C27H30N2O6/c1-34-20-8-6-19(7-9-20)28-24(31)21-4-2-3-5-22(21)29-23(30)15-35-25(32)26-11-17-10-18(12-26)14-27(33,13-17)16-26/h2-9,17-18,33H,10-16H2,1H3,(H,28,31)(H,29,30)/t17-,18-,26?,27?/m1/s1. The van der Waals surface area contributed by atoms with E-state index in [1.807, 2.05) is 0 Å². The van der Waals surface area contributed by atoms with E-state index < -0.39 is 29.5 Å². The molecular weight excluding hydrogens is 448 g/mol. The summed E-state index contributed by atoms with van der Waals surface area (Å²) in [4.78, 5) is 38.5. The number of esters is 1. The molecular formula is C27H30N2O6. The Morgan fingerprint density at radius 1 is 0.971 bits per heavy atom. The van der Waals surface area contributed by atoms with Gasteiger partial charge in [0.1, 0.15) is 5.75 Å². The Morgan fingerprint density at radius 3 is 2.31 bits per heavy atom. The maximum Gasteiger partial charge on any atom is 0.312 e. The molecule has 0 aromatic heterocycles. The SMILES string of the molecule is COc1ccc(NC(=O)c2ccccc2NC(=O)COC(=O)C23C[C@H]4C[C@@H](CC(O)(C4)C2)C3)cc1. The van der Waals surface area contributed by atoms with Crippen LogP contribution < -0.4 is 15.4 Å². The van der Waals surface area contributed by atoms with E-state index >= 15 is 0 Å². The molecule has 8 heteroatoms.